The lowest BCUT2D eigenvalue weighted by atomic mass is 9.81. The smallest absolute Gasteiger partial charge is 0.311 e. The van der Waals surface area contributed by atoms with E-state index in [1.54, 1.807) is 0 Å². The number of carboxylic acids is 1. The van der Waals surface area contributed by atoms with Crippen molar-refractivity contribution in [1.29, 1.82) is 0 Å². The molecule has 22 heavy (non-hydrogen) atoms. The second kappa shape index (κ2) is 5.22. The largest absolute Gasteiger partial charge is 0.481 e. The van der Waals surface area contributed by atoms with E-state index >= 15 is 0 Å². The molecular weight excluding hydrogens is 280 g/mol. The molecule has 0 spiro atoms. The number of aliphatic carboxylic acids is 1. The lowest BCUT2D eigenvalue weighted by Crippen LogP contribution is -2.46. The van der Waals surface area contributed by atoms with Gasteiger partial charge in [-0.05, 0) is 43.9 Å². The SMILES string of the molecule is O=C([C@@H]1C[C@H]2CCCC[C@@H]2N1)N1C[C@@H]2CCC[C@@]2(C(=O)O)C1. The minimum absolute atomic E-state index is 0.0715. The summed E-state index contributed by atoms with van der Waals surface area (Å²) in [4.78, 5) is 26.5. The molecule has 2 aliphatic carbocycles. The summed E-state index contributed by atoms with van der Waals surface area (Å²) in [6.07, 6.45) is 8.62. The van der Waals surface area contributed by atoms with Crippen molar-refractivity contribution in [3.8, 4) is 0 Å². The van der Waals surface area contributed by atoms with E-state index in [0.717, 1.165) is 25.7 Å². The summed E-state index contributed by atoms with van der Waals surface area (Å²) in [7, 11) is 0. The van der Waals surface area contributed by atoms with Crippen LogP contribution >= 0.6 is 0 Å². The van der Waals surface area contributed by atoms with Crippen LogP contribution in [0.15, 0.2) is 0 Å². The normalized spacial score (nSPS) is 43.9. The van der Waals surface area contributed by atoms with Crippen LogP contribution in [-0.2, 0) is 9.59 Å². The molecule has 4 rings (SSSR count). The molecule has 0 aromatic heterocycles. The Kier molecular flexibility index (Phi) is 3.44. The van der Waals surface area contributed by atoms with E-state index in [0.29, 0.717) is 25.0 Å². The number of nitrogens with one attached hydrogen (secondary N) is 1. The minimum atomic E-state index is -0.696. The lowest BCUT2D eigenvalue weighted by molar-refractivity contribution is -0.149. The Morgan fingerprint density at radius 1 is 1.14 bits per heavy atom. The molecule has 122 valence electrons. The number of amides is 1. The zero-order chi connectivity index (χ0) is 15.3. The Hall–Kier alpha value is -1.10. The number of hydrogen-bond donors (Lipinski definition) is 2. The van der Waals surface area contributed by atoms with Gasteiger partial charge in [0.15, 0.2) is 0 Å². The van der Waals surface area contributed by atoms with Gasteiger partial charge in [0.25, 0.3) is 0 Å². The molecular formula is C17H26N2O3. The first kappa shape index (κ1) is 14.5. The van der Waals surface area contributed by atoms with Gasteiger partial charge in [-0.15, -0.1) is 0 Å². The van der Waals surface area contributed by atoms with Crippen LogP contribution in [0.3, 0.4) is 0 Å². The van der Waals surface area contributed by atoms with E-state index in [4.69, 9.17) is 0 Å². The predicted molar refractivity (Wildman–Crippen MR) is 81.3 cm³/mol. The molecule has 5 nitrogen and oxygen atoms in total. The number of carboxylic acid groups (broad SMARTS) is 1. The van der Waals surface area contributed by atoms with Gasteiger partial charge in [-0.2, -0.15) is 0 Å². The fourth-order valence-electron chi connectivity index (χ4n) is 5.54. The van der Waals surface area contributed by atoms with Crippen molar-refractivity contribution in [3.05, 3.63) is 0 Å². The molecule has 0 aromatic rings. The average Bonchev–Trinajstić information content (AvgIpc) is 3.17. The fraction of sp³-hybridized carbons (Fsp3) is 0.882. The van der Waals surface area contributed by atoms with Crippen LogP contribution in [-0.4, -0.2) is 47.1 Å². The fourth-order valence-corrected chi connectivity index (χ4v) is 5.54. The molecule has 1 amide bonds. The van der Waals surface area contributed by atoms with Crippen molar-refractivity contribution < 1.29 is 14.7 Å². The summed E-state index contributed by atoms with van der Waals surface area (Å²) in [5, 5.41) is 13.2. The van der Waals surface area contributed by atoms with E-state index in [1.165, 1.54) is 25.7 Å². The third-order valence-corrected chi connectivity index (χ3v) is 6.77. The van der Waals surface area contributed by atoms with Gasteiger partial charge in [0.1, 0.15) is 0 Å². The van der Waals surface area contributed by atoms with Crippen molar-refractivity contribution in [1.82, 2.24) is 10.2 Å². The molecule has 2 N–H and O–H groups in total. The molecule has 4 fully saturated rings. The molecule has 5 atom stereocenters. The third kappa shape index (κ3) is 2.08. The van der Waals surface area contributed by atoms with Gasteiger partial charge in [-0.1, -0.05) is 19.3 Å². The molecule has 0 bridgehead atoms. The molecule has 4 aliphatic rings. The number of carbonyl (C=O) groups excluding carboxylic acids is 1. The highest BCUT2D eigenvalue weighted by atomic mass is 16.4. The van der Waals surface area contributed by atoms with E-state index in [9.17, 15) is 14.7 Å². The quantitative estimate of drug-likeness (QED) is 0.813. The number of fused-ring (bicyclic) bond motifs is 2. The third-order valence-electron chi connectivity index (χ3n) is 6.77. The summed E-state index contributed by atoms with van der Waals surface area (Å²) in [5.41, 5.74) is -0.652. The molecule has 0 aromatic carbocycles. The number of nitrogens with zero attached hydrogens (tertiary/aromatic N) is 1. The summed E-state index contributed by atoms with van der Waals surface area (Å²) in [6, 6.07) is 0.441. The maximum Gasteiger partial charge on any atom is 0.311 e. The molecule has 0 radical (unpaired) electrons. The highest BCUT2D eigenvalue weighted by molar-refractivity contribution is 5.85. The van der Waals surface area contributed by atoms with Crippen LogP contribution in [0.4, 0.5) is 0 Å². The van der Waals surface area contributed by atoms with E-state index in [-0.39, 0.29) is 17.9 Å². The van der Waals surface area contributed by atoms with Crippen LogP contribution in [0.1, 0.15) is 51.4 Å². The molecule has 2 saturated carbocycles. The molecule has 2 saturated heterocycles. The van der Waals surface area contributed by atoms with Crippen LogP contribution in [0, 0.1) is 17.3 Å². The Labute approximate surface area is 131 Å². The molecule has 2 aliphatic heterocycles. The van der Waals surface area contributed by atoms with E-state index in [2.05, 4.69) is 5.32 Å². The van der Waals surface area contributed by atoms with Gasteiger partial charge >= 0.3 is 5.97 Å². The van der Waals surface area contributed by atoms with E-state index in [1.807, 2.05) is 4.90 Å². The molecule has 5 heteroatoms. The van der Waals surface area contributed by atoms with Crippen molar-refractivity contribution in [2.75, 3.05) is 13.1 Å². The maximum absolute atomic E-state index is 12.9. The van der Waals surface area contributed by atoms with Gasteiger partial charge < -0.3 is 15.3 Å². The molecule has 0 unspecified atom stereocenters. The second-order valence-electron chi connectivity index (χ2n) is 7.88. The van der Waals surface area contributed by atoms with Gasteiger partial charge in [0, 0.05) is 19.1 Å². The Morgan fingerprint density at radius 3 is 2.68 bits per heavy atom. The summed E-state index contributed by atoms with van der Waals surface area (Å²) in [5.74, 6) is 0.277. The van der Waals surface area contributed by atoms with Crippen LogP contribution in [0.2, 0.25) is 0 Å². The number of likely N-dealkylation sites (tertiary alicyclic amines) is 1. The van der Waals surface area contributed by atoms with E-state index < -0.39 is 11.4 Å². The molecule has 2 heterocycles. The maximum atomic E-state index is 12.9. The predicted octanol–water partition coefficient (Wildman–Crippen LogP) is 1.62. The van der Waals surface area contributed by atoms with Gasteiger partial charge in [-0.25, -0.2) is 0 Å². The second-order valence-corrected chi connectivity index (χ2v) is 7.88. The standard InChI is InChI=1S/C17H26N2O3/c20-15(14-8-11-4-1-2-6-13(11)18-14)19-9-12-5-3-7-17(12,10-19)16(21)22/h11-14,18H,1-10H2,(H,21,22)/t11-,12+,13+,14+,17-/m1/s1. The first-order chi connectivity index (χ1) is 10.6. The van der Waals surface area contributed by atoms with Gasteiger partial charge in [-0.3, -0.25) is 9.59 Å². The van der Waals surface area contributed by atoms with Gasteiger partial charge in [0.05, 0.1) is 11.5 Å². The highest BCUT2D eigenvalue weighted by Crippen LogP contribution is 2.49. The van der Waals surface area contributed by atoms with Gasteiger partial charge in [0.2, 0.25) is 5.91 Å². The minimum Gasteiger partial charge on any atom is -0.481 e. The van der Waals surface area contributed by atoms with Crippen LogP contribution < -0.4 is 5.32 Å². The first-order valence-electron chi connectivity index (χ1n) is 8.88. The lowest BCUT2D eigenvalue weighted by Gasteiger charge is -2.25. The number of rotatable bonds is 2. The van der Waals surface area contributed by atoms with Crippen molar-refractivity contribution in [2.24, 2.45) is 17.3 Å². The Morgan fingerprint density at radius 2 is 1.95 bits per heavy atom. The summed E-state index contributed by atoms with van der Waals surface area (Å²) >= 11 is 0. The highest BCUT2D eigenvalue weighted by Gasteiger charge is 2.56. The number of hydrogen-bond acceptors (Lipinski definition) is 3. The zero-order valence-electron chi connectivity index (χ0n) is 13.1. The average molecular weight is 306 g/mol. The van der Waals surface area contributed by atoms with Crippen molar-refractivity contribution in [2.45, 2.75) is 63.5 Å². The number of carbonyl (C=O) groups is 2. The van der Waals surface area contributed by atoms with Crippen LogP contribution in [0.5, 0.6) is 0 Å². The summed E-state index contributed by atoms with van der Waals surface area (Å²) in [6.45, 7) is 1.08. The van der Waals surface area contributed by atoms with Crippen molar-refractivity contribution >= 4 is 11.9 Å². The monoisotopic (exact) mass is 306 g/mol. The Balaban J connectivity index is 1.45. The van der Waals surface area contributed by atoms with Crippen molar-refractivity contribution in [3.63, 3.8) is 0 Å². The Bertz CT molecular complexity index is 480. The first-order valence-corrected chi connectivity index (χ1v) is 8.88. The summed E-state index contributed by atoms with van der Waals surface area (Å²) < 4.78 is 0. The van der Waals surface area contributed by atoms with Crippen LogP contribution in [0.25, 0.3) is 0 Å². The topological polar surface area (TPSA) is 69.6 Å². The zero-order valence-corrected chi connectivity index (χ0v) is 13.1.